The molecule has 0 saturated carbocycles. The summed E-state index contributed by atoms with van der Waals surface area (Å²) in [6.07, 6.45) is -3.30. The number of aromatic amines is 2. The van der Waals surface area contributed by atoms with Gasteiger partial charge in [0.25, 0.3) is 0 Å². The molecule has 2 aromatic carbocycles. The highest BCUT2D eigenvalue weighted by Crippen LogP contribution is 2.32. The van der Waals surface area contributed by atoms with Crippen molar-refractivity contribution in [3.05, 3.63) is 99.1 Å². The third kappa shape index (κ3) is 4.09. The Bertz CT molecular complexity index is 1460. The minimum absolute atomic E-state index is 0.0462. The topological polar surface area (TPSA) is 84.9 Å². The second kappa shape index (κ2) is 7.92. The summed E-state index contributed by atoms with van der Waals surface area (Å²) in [6, 6.07) is 12.1. The number of alkyl halides is 3. The number of aromatic nitrogens is 2. The smallest absolute Gasteiger partial charge is 0.352 e. The average Bonchev–Trinajstić information content (AvgIpc) is 2.75. The lowest BCUT2D eigenvalue weighted by atomic mass is 10.0. The van der Waals surface area contributed by atoms with Gasteiger partial charge in [0.15, 0.2) is 11.3 Å². The zero-order chi connectivity index (χ0) is 23.0. The Morgan fingerprint density at radius 2 is 1.78 bits per heavy atom. The molecule has 0 bridgehead atoms. The minimum atomic E-state index is -4.67. The van der Waals surface area contributed by atoms with E-state index in [1.807, 2.05) is 0 Å². The Labute approximate surface area is 178 Å². The van der Waals surface area contributed by atoms with Gasteiger partial charge in [-0.05, 0) is 60.5 Å². The maximum absolute atomic E-state index is 13.7. The fourth-order valence-corrected chi connectivity index (χ4v) is 3.33. The molecule has 4 rings (SSSR count). The number of amidine groups is 1. The second-order valence-electron chi connectivity index (χ2n) is 7.15. The number of benzene rings is 2. The summed E-state index contributed by atoms with van der Waals surface area (Å²) in [5, 5.41) is 8.80. The number of para-hydroxylation sites is 1. The van der Waals surface area contributed by atoms with Crippen molar-refractivity contribution >= 4 is 16.7 Å². The van der Waals surface area contributed by atoms with Crippen molar-refractivity contribution in [2.75, 3.05) is 0 Å². The minimum Gasteiger partial charge on any atom is -0.352 e. The van der Waals surface area contributed by atoms with Crippen molar-refractivity contribution < 1.29 is 17.6 Å². The fraction of sp³-hybridized carbons (Fsp3) is 0.0870. The summed E-state index contributed by atoms with van der Waals surface area (Å²) in [6.45, 7) is 1.60. The molecule has 2 aromatic heterocycles. The summed E-state index contributed by atoms with van der Waals surface area (Å²) in [7, 11) is 0. The Kier molecular flexibility index (Phi) is 5.25. The molecule has 3 N–H and O–H groups in total. The van der Waals surface area contributed by atoms with E-state index in [0.717, 1.165) is 12.1 Å². The van der Waals surface area contributed by atoms with Crippen LogP contribution in [-0.4, -0.2) is 15.8 Å². The van der Waals surface area contributed by atoms with Crippen LogP contribution in [-0.2, 0) is 6.18 Å². The molecule has 0 fully saturated rings. The van der Waals surface area contributed by atoms with Gasteiger partial charge in [-0.2, -0.15) is 13.2 Å². The molecule has 0 spiro atoms. The van der Waals surface area contributed by atoms with E-state index in [2.05, 4.69) is 15.0 Å². The van der Waals surface area contributed by atoms with Gasteiger partial charge in [-0.25, -0.2) is 9.38 Å². The van der Waals surface area contributed by atoms with E-state index in [9.17, 15) is 22.4 Å². The highest BCUT2D eigenvalue weighted by atomic mass is 19.4. The van der Waals surface area contributed by atoms with Gasteiger partial charge in [0.1, 0.15) is 11.3 Å². The van der Waals surface area contributed by atoms with Gasteiger partial charge < -0.3 is 9.97 Å². The van der Waals surface area contributed by atoms with Crippen LogP contribution in [0.5, 0.6) is 0 Å². The molecule has 0 aliphatic carbocycles. The van der Waals surface area contributed by atoms with Gasteiger partial charge in [0.2, 0.25) is 0 Å². The van der Waals surface area contributed by atoms with Gasteiger partial charge in [0, 0.05) is 22.7 Å². The van der Waals surface area contributed by atoms with Crippen LogP contribution >= 0.6 is 0 Å². The third-order valence-corrected chi connectivity index (χ3v) is 4.97. The number of hydrogen-bond acceptors (Lipinski definition) is 2. The van der Waals surface area contributed by atoms with Crippen molar-refractivity contribution in [2.24, 2.45) is 4.99 Å². The van der Waals surface area contributed by atoms with Crippen LogP contribution in [0.4, 0.5) is 17.6 Å². The van der Waals surface area contributed by atoms with Crippen LogP contribution in [0.3, 0.4) is 0 Å². The van der Waals surface area contributed by atoms with E-state index in [1.165, 1.54) is 18.3 Å². The standard InChI is InChI=1S/C23H16F4N4O/c1-12-20(30-18-5-3-2-4-17(18)21(12)32)22(28)31-19-7-6-13(11-29-19)14-8-15(23(25,26)27)10-16(24)9-14/h2-11H,1H3,(H,30,32)(H2,28,29,31). The molecule has 0 saturated heterocycles. The number of H-pyrrole nitrogens is 2. The number of nitrogens with one attached hydrogen (secondary N) is 3. The van der Waals surface area contributed by atoms with Crippen molar-refractivity contribution in [3.63, 3.8) is 0 Å². The predicted molar refractivity (Wildman–Crippen MR) is 113 cm³/mol. The first-order chi connectivity index (χ1) is 15.1. The number of fused-ring (bicyclic) bond motifs is 1. The Morgan fingerprint density at radius 3 is 2.47 bits per heavy atom. The third-order valence-electron chi connectivity index (χ3n) is 4.97. The molecule has 0 aliphatic heterocycles. The van der Waals surface area contributed by atoms with Crippen LogP contribution in [0.2, 0.25) is 0 Å². The number of halogens is 4. The van der Waals surface area contributed by atoms with E-state index >= 15 is 0 Å². The Morgan fingerprint density at radius 1 is 1.03 bits per heavy atom. The van der Waals surface area contributed by atoms with Crippen LogP contribution < -0.4 is 10.9 Å². The van der Waals surface area contributed by atoms with Crippen molar-refractivity contribution in [3.8, 4) is 11.1 Å². The van der Waals surface area contributed by atoms with Crippen LogP contribution in [0.15, 0.2) is 70.6 Å². The Hall–Kier alpha value is -4.01. The van der Waals surface area contributed by atoms with Crippen molar-refractivity contribution in [1.29, 1.82) is 5.41 Å². The van der Waals surface area contributed by atoms with Gasteiger partial charge in [-0.1, -0.05) is 12.1 Å². The highest BCUT2D eigenvalue weighted by molar-refractivity contribution is 5.98. The zero-order valence-corrected chi connectivity index (χ0v) is 16.6. The molecule has 32 heavy (non-hydrogen) atoms. The van der Waals surface area contributed by atoms with E-state index in [1.54, 1.807) is 31.2 Å². The first-order valence-corrected chi connectivity index (χ1v) is 9.45. The molecular weight excluding hydrogens is 424 g/mol. The lowest BCUT2D eigenvalue weighted by Gasteiger charge is -2.09. The molecule has 2 heterocycles. The largest absolute Gasteiger partial charge is 0.416 e. The molecule has 5 nitrogen and oxygen atoms in total. The van der Waals surface area contributed by atoms with E-state index in [4.69, 9.17) is 5.41 Å². The zero-order valence-electron chi connectivity index (χ0n) is 16.6. The lowest BCUT2D eigenvalue weighted by molar-refractivity contribution is -0.137. The summed E-state index contributed by atoms with van der Waals surface area (Å²) in [4.78, 5) is 22.5. The van der Waals surface area contributed by atoms with Gasteiger partial charge in [-0.15, -0.1) is 0 Å². The number of pyridine rings is 2. The predicted octanol–water partition coefficient (Wildman–Crippen LogP) is 4.92. The molecular formula is C23H16F4N4O. The molecule has 0 atom stereocenters. The molecule has 4 aromatic rings. The summed E-state index contributed by atoms with van der Waals surface area (Å²) in [5.41, 5.74) is 0.475. The maximum atomic E-state index is 13.7. The van der Waals surface area contributed by atoms with Crippen LogP contribution in [0.1, 0.15) is 16.8 Å². The quantitative estimate of drug-likeness (QED) is 0.231. The Balaban J connectivity index is 1.70. The fourth-order valence-electron chi connectivity index (χ4n) is 3.33. The molecule has 162 valence electrons. The average molecular weight is 440 g/mol. The number of hydrogen-bond donors (Lipinski definition) is 3. The monoisotopic (exact) mass is 440 g/mol. The number of nitrogens with zero attached hydrogens (tertiary/aromatic N) is 1. The summed E-state index contributed by atoms with van der Waals surface area (Å²) in [5.74, 6) is -1.19. The van der Waals surface area contributed by atoms with Crippen LogP contribution in [0, 0.1) is 18.2 Å². The first kappa shape index (κ1) is 21.2. The highest BCUT2D eigenvalue weighted by Gasteiger charge is 2.31. The normalized spacial score (nSPS) is 12.3. The first-order valence-electron chi connectivity index (χ1n) is 9.45. The molecule has 0 unspecified atom stereocenters. The maximum Gasteiger partial charge on any atom is 0.416 e. The molecule has 0 radical (unpaired) electrons. The molecule has 0 aliphatic rings. The lowest BCUT2D eigenvalue weighted by Crippen LogP contribution is -2.17. The van der Waals surface area contributed by atoms with Crippen LogP contribution in [0.25, 0.3) is 22.0 Å². The SMILES string of the molecule is Cc1c(C(=N)/N=c2/ccc(-c3cc(F)cc(C(F)(F)F)c3)c[nH]2)[nH]c2ccccc2c1=O. The summed E-state index contributed by atoms with van der Waals surface area (Å²) >= 11 is 0. The van der Waals surface area contributed by atoms with Gasteiger partial charge in [-0.3, -0.25) is 10.2 Å². The van der Waals surface area contributed by atoms with Crippen molar-refractivity contribution in [1.82, 2.24) is 9.97 Å². The molecule has 9 heteroatoms. The van der Waals surface area contributed by atoms with Gasteiger partial charge >= 0.3 is 6.18 Å². The second-order valence-corrected chi connectivity index (χ2v) is 7.15. The van der Waals surface area contributed by atoms with Crippen molar-refractivity contribution in [2.45, 2.75) is 13.1 Å². The van der Waals surface area contributed by atoms with E-state index in [-0.39, 0.29) is 28.0 Å². The number of rotatable bonds is 2. The molecule has 0 amide bonds. The van der Waals surface area contributed by atoms with E-state index < -0.39 is 17.6 Å². The van der Waals surface area contributed by atoms with E-state index in [0.29, 0.717) is 28.1 Å². The van der Waals surface area contributed by atoms with Gasteiger partial charge in [0.05, 0.1) is 11.3 Å². The summed E-state index contributed by atoms with van der Waals surface area (Å²) < 4.78 is 52.5.